The molecule has 0 bridgehead atoms. The Morgan fingerprint density at radius 2 is 2.05 bits per heavy atom. The lowest BCUT2D eigenvalue weighted by molar-refractivity contribution is 0.0698. The summed E-state index contributed by atoms with van der Waals surface area (Å²) in [5, 5.41) is 9.82. The topological polar surface area (TPSA) is 59.3 Å². The van der Waals surface area contributed by atoms with Crippen molar-refractivity contribution in [2.24, 2.45) is 5.92 Å². The van der Waals surface area contributed by atoms with E-state index in [1.807, 2.05) is 12.1 Å². The van der Waals surface area contributed by atoms with Crippen LogP contribution in [0.5, 0.6) is 0 Å². The Morgan fingerprint density at radius 3 is 2.68 bits per heavy atom. The molecule has 4 nitrogen and oxygen atoms in total. The molecule has 1 aliphatic carbocycles. The molecule has 1 aliphatic rings. The van der Waals surface area contributed by atoms with E-state index in [9.17, 15) is 14.7 Å². The Balaban J connectivity index is 2.21. The lowest BCUT2D eigenvalue weighted by Crippen LogP contribution is -2.28. The summed E-state index contributed by atoms with van der Waals surface area (Å²) in [6.07, 6.45) is 3.54. The van der Waals surface area contributed by atoms with Crippen LogP contribution in [0.2, 0.25) is 0 Å². The molecule has 3 rings (SSSR count). The molecule has 1 N–H and O–H groups in total. The molecule has 4 heteroatoms. The smallest absolute Gasteiger partial charge is 0.336 e. The summed E-state index contributed by atoms with van der Waals surface area (Å²) in [6.45, 7) is 0.694. The predicted octanol–water partition coefficient (Wildman–Crippen LogP) is 2.50. The molecule has 0 aliphatic heterocycles. The van der Waals surface area contributed by atoms with Gasteiger partial charge in [0, 0.05) is 18.0 Å². The Kier molecular flexibility index (Phi) is 2.85. The summed E-state index contributed by atoms with van der Waals surface area (Å²) < 4.78 is 1.71. The highest BCUT2D eigenvalue weighted by Crippen LogP contribution is 2.28. The number of carbonyl (C=O) groups is 1. The van der Waals surface area contributed by atoms with Crippen molar-refractivity contribution in [2.45, 2.75) is 25.8 Å². The fourth-order valence-electron chi connectivity index (χ4n) is 2.63. The molecule has 0 radical (unpaired) electrons. The third-order valence-electron chi connectivity index (χ3n) is 3.91. The molecule has 0 atom stereocenters. The van der Waals surface area contributed by atoms with E-state index in [0.29, 0.717) is 17.8 Å². The van der Waals surface area contributed by atoms with Crippen molar-refractivity contribution in [1.29, 1.82) is 0 Å². The first-order valence-corrected chi connectivity index (χ1v) is 6.52. The van der Waals surface area contributed by atoms with Gasteiger partial charge in [0.05, 0.1) is 11.1 Å². The number of benzene rings is 1. The molecule has 0 saturated heterocycles. The van der Waals surface area contributed by atoms with Crippen LogP contribution in [0, 0.1) is 5.92 Å². The van der Waals surface area contributed by atoms with Gasteiger partial charge >= 0.3 is 5.97 Å². The number of nitrogens with zero attached hydrogens (tertiary/aromatic N) is 1. The fourth-order valence-corrected chi connectivity index (χ4v) is 2.63. The van der Waals surface area contributed by atoms with Crippen molar-refractivity contribution in [1.82, 2.24) is 4.57 Å². The molecular weight excluding hydrogens is 242 g/mol. The van der Waals surface area contributed by atoms with E-state index in [0.717, 1.165) is 18.4 Å². The summed E-state index contributed by atoms with van der Waals surface area (Å²) in [5.41, 5.74) is 0.591. The lowest BCUT2D eigenvalue weighted by atomic mass is 9.85. The first-order valence-electron chi connectivity index (χ1n) is 6.52. The molecule has 2 aromatic rings. The van der Waals surface area contributed by atoms with E-state index in [1.165, 1.54) is 12.5 Å². The van der Waals surface area contributed by atoms with E-state index in [2.05, 4.69) is 0 Å². The predicted molar refractivity (Wildman–Crippen MR) is 72.5 cm³/mol. The van der Waals surface area contributed by atoms with E-state index >= 15 is 0 Å². The first-order chi connectivity index (χ1) is 9.16. The molecule has 0 amide bonds. The van der Waals surface area contributed by atoms with Crippen molar-refractivity contribution >= 4 is 16.9 Å². The third kappa shape index (κ3) is 2.03. The third-order valence-corrected chi connectivity index (χ3v) is 3.91. The summed E-state index contributed by atoms with van der Waals surface area (Å²) in [7, 11) is 0. The second kappa shape index (κ2) is 4.53. The molecular formula is C15H15NO3. The second-order valence-electron chi connectivity index (χ2n) is 5.13. The maximum atomic E-state index is 12.1. The minimum atomic E-state index is -1.05. The average Bonchev–Trinajstić information content (AvgIpc) is 2.34. The van der Waals surface area contributed by atoms with Gasteiger partial charge in [-0.25, -0.2) is 4.79 Å². The van der Waals surface area contributed by atoms with E-state index in [-0.39, 0.29) is 11.1 Å². The first kappa shape index (κ1) is 12.0. The molecule has 1 heterocycles. The van der Waals surface area contributed by atoms with Crippen molar-refractivity contribution in [3.63, 3.8) is 0 Å². The van der Waals surface area contributed by atoms with Gasteiger partial charge in [-0.1, -0.05) is 24.6 Å². The molecule has 19 heavy (non-hydrogen) atoms. The monoisotopic (exact) mass is 257 g/mol. The van der Waals surface area contributed by atoms with E-state index in [4.69, 9.17) is 0 Å². The van der Waals surface area contributed by atoms with Gasteiger partial charge in [-0.2, -0.15) is 0 Å². The summed E-state index contributed by atoms with van der Waals surface area (Å²) >= 11 is 0. The minimum Gasteiger partial charge on any atom is -0.478 e. The maximum absolute atomic E-state index is 12.1. The number of para-hydroxylation sites is 1. The van der Waals surface area contributed by atoms with Gasteiger partial charge in [-0.15, -0.1) is 0 Å². The summed E-state index contributed by atoms with van der Waals surface area (Å²) in [4.78, 5) is 23.4. The Hall–Kier alpha value is -2.10. The molecule has 0 spiro atoms. The van der Waals surface area contributed by atoms with Crippen molar-refractivity contribution in [3.8, 4) is 0 Å². The Morgan fingerprint density at radius 1 is 1.32 bits per heavy atom. The van der Waals surface area contributed by atoms with Crippen molar-refractivity contribution in [2.75, 3.05) is 0 Å². The molecule has 1 aromatic carbocycles. The van der Waals surface area contributed by atoms with E-state index < -0.39 is 5.97 Å². The highest BCUT2D eigenvalue weighted by atomic mass is 16.4. The van der Waals surface area contributed by atoms with Crippen LogP contribution >= 0.6 is 0 Å². The van der Waals surface area contributed by atoms with Crippen LogP contribution in [0.15, 0.2) is 35.1 Å². The van der Waals surface area contributed by atoms with Gasteiger partial charge in [0.25, 0.3) is 5.56 Å². The van der Waals surface area contributed by atoms with Crippen molar-refractivity contribution < 1.29 is 9.90 Å². The number of aromatic carboxylic acids is 1. The fraction of sp³-hybridized carbons (Fsp3) is 0.333. The minimum absolute atomic E-state index is 0.0884. The average molecular weight is 257 g/mol. The number of hydrogen-bond donors (Lipinski definition) is 1. The van der Waals surface area contributed by atoms with Gasteiger partial charge in [-0.05, 0) is 24.8 Å². The van der Waals surface area contributed by atoms with Crippen LogP contribution < -0.4 is 5.56 Å². The number of aromatic nitrogens is 1. The normalized spacial score (nSPS) is 15.4. The van der Waals surface area contributed by atoms with Crippen LogP contribution in [-0.2, 0) is 6.54 Å². The number of rotatable bonds is 3. The van der Waals surface area contributed by atoms with Crippen LogP contribution in [-0.4, -0.2) is 15.6 Å². The number of carboxylic acid groups (broad SMARTS) is 1. The highest BCUT2D eigenvalue weighted by molar-refractivity contribution is 6.02. The molecule has 0 unspecified atom stereocenters. The zero-order valence-electron chi connectivity index (χ0n) is 10.5. The second-order valence-corrected chi connectivity index (χ2v) is 5.13. The zero-order chi connectivity index (χ0) is 13.4. The van der Waals surface area contributed by atoms with Gasteiger partial charge in [0.2, 0.25) is 0 Å². The SMILES string of the molecule is O=C(O)c1cc(=O)n(CC2CCC2)c2ccccc12. The number of hydrogen-bond acceptors (Lipinski definition) is 2. The van der Waals surface area contributed by atoms with Crippen LogP contribution in [0.1, 0.15) is 29.6 Å². The molecule has 1 aromatic heterocycles. The molecule has 98 valence electrons. The highest BCUT2D eigenvalue weighted by Gasteiger charge is 2.20. The van der Waals surface area contributed by atoms with Crippen LogP contribution in [0.4, 0.5) is 0 Å². The quantitative estimate of drug-likeness (QED) is 0.919. The van der Waals surface area contributed by atoms with Crippen LogP contribution in [0.25, 0.3) is 10.9 Å². The largest absolute Gasteiger partial charge is 0.478 e. The molecule has 1 saturated carbocycles. The molecule has 1 fully saturated rings. The Bertz CT molecular complexity index is 698. The standard InChI is InChI=1S/C15H15NO3/c17-14-8-12(15(18)19)11-6-1-2-7-13(11)16(14)9-10-4-3-5-10/h1-2,6-8,10H,3-5,9H2,(H,18,19). The van der Waals surface area contributed by atoms with Gasteiger partial charge in [-0.3, -0.25) is 4.79 Å². The van der Waals surface area contributed by atoms with Gasteiger partial charge in [0.15, 0.2) is 0 Å². The number of pyridine rings is 1. The lowest BCUT2D eigenvalue weighted by Gasteiger charge is -2.26. The van der Waals surface area contributed by atoms with Crippen molar-refractivity contribution in [3.05, 3.63) is 46.2 Å². The van der Waals surface area contributed by atoms with E-state index in [1.54, 1.807) is 16.7 Å². The Labute approximate surface area is 110 Å². The van der Waals surface area contributed by atoms with Gasteiger partial charge in [0.1, 0.15) is 0 Å². The summed E-state index contributed by atoms with van der Waals surface area (Å²) in [5.74, 6) is -0.499. The number of carboxylic acids is 1. The maximum Gasteiger partial charge on any atom is 0.336 e. The number of fused-ring (bicyclic) bond motifs is 1. The van der Waals surface area contributed by atoms with Crippen LogP contribution in [0.3, 0.4) is 0 Å². The van der Waals surface area contributed by atoms with Gasteiger partial charge < -0.3 is 9.67 Å². The summed E-state index contributed by atoms with van der Waals surface area (Å²) in [6, 6.07) is 8.46. The zero-order valence-corrected chi connectivity index (χ0v) is 10.5.